The lowest BCUT2D eigenvalue weighted by atomic mass is 10.4. The van der Waals surface area contributed by atoms with Crippen LogP contribution in [-0.2, 0) is 4.74 Å². The number of thiol groups is 1. The van der Waals surface area contributed by atoms with E-state index >= 15 is 0 Å². The third kappa shape index (κ3) is 1.28. The van der Waals surface area contributed by atoms with E-state index in [1.54, 1.807) is 0 Å². The predicted octanol–water partition coefficient (Wildman–Crippen LogP) is -0.356. The van der Waals surface area contributed by atoms with E-state index in [1.807, 2.05) is 0 Å². The summed E-state index contributed by atoms with van der Waals surface area (Å²) in [7, 11) is 0. The standard InChI is InChI=1S/C4H7NO3S/c6-2-3-1-5(9)4(7)8-3/h3,6,9H,1-2H2. The molecule has 1 N–H and O–H groups in total. The van der Waals surface area contributed by atoms with Gasteiger partial charge in [0.1, 0.15) is 6.10 Å². The maximum Gasteiger partial charge on any atom is 0.420 e. The first kappa shape index (κ1) is 6.70. The van der Waals surface area contributed by atoms with Crippen molar-refractivity contribution in [3.63, 3.8) is 0 Å². The minimum absolute atomic E-state index is 0.136. The quantitative estimate of drug-likeness (QED) is 0.501. The number of hydrogen-bond acceptors (Lipinski definition) is 4. The molecule has 0 bridgehead atoms. The van der Waals surface area contributed by atoms with Gasteiger partial charge >= 0.3 is 6.09 Å². The zero-order chi connectivity index (χ0) is 6.85. The Bertz CT molecular complexity index is 129. The molecule has 0 spiro atoms. The predicted molar refractivity (Wildman–Crippen MR) is 33.0 cm³/mol. The number of amides is 1. The molecule has 9 heavy (non-hydrogen) atoms. The molecule has 1 atom stereocenters. The maximum absolute atomic E-state index is 10.5. The zero-order valence-corrected chi connectivity index (χ0v) is 5.54. The molecule has 1 rings (SSSR count). The fourth-order valence-corrected chi connectivity index (χ4v) is 0.832. The number of aliphatic hydroxyl groups is 1. The van der Waals surface area contributed by atoms with Crippen LogP contribution < -0.4 is 0 Å². The summed E-state index contributed by atoms with van der Waals surface area (Å²) < 4.78 is 5.71. The highest BCUT2D eigenvalue weighted by Gasteiger charge is 2.28. The molecule has 0 aromatic heterocycles. The summed E-state index contributed by atoms with van der Waals surface area (Å²) in [5.41, 5.74) is 0. The van der Waals surface area contributed by atoms with Gasteiger partial charge in [-0.2, -0.15) is 0 Å². The Hall–Kier alpha value is -0.420. The smallest absolute Gasteiger partial charge is 0.420 e. The molecule has 0 aromatic rings. The molecule has 1 aliphatic rings. The van der Waals surface area contributed by atoms with Crippen molar-refractivity contribution in [2.24, 2.45) is 0 Å². The molecular formula is C4H7NO3S. The van der Waals surface area contributed by atoms with Gasteiger partial charge in [0.05, 0.1) is 13.2 Å². The molecule has 1 unspecified atom stereocenters. The van der Waals surface area contributed by atoms with E-state index in [2.05, 4.69) is 17.6 Å². The van der Waals surface area contributed by atoms with E-state index in [0.717, 1.165) is 4.31 Å². The van der Waals surface area contributed by atoms with Crippen molar-refractivity contribution < 1.29 is 14.6 Å². The van der Waals surface area contributed by atoms with Crippen LogP contribution in [0.2, 0.25) is 0 Å². The molecule has 5 heteroatoms. The topological polar surface area (TPSA) is 49.8 Å². The summed E-state index contributed by atoms with van der Waals surface area (Å²) in [5, 5.41) is 8.46. The first-order chi connectivity index (χ1) is 4.24. The normalized spacial score (nSPS) is 26.7. The number of hydrogen-bond donors (Lipinski definition) is 2. The number of cyclic esters (lactones) is 1. The number of nitrogens with zero attached hydrogens (tertiary/aromatic N) is 1. The van der Waals surface area contributed by atoms with Gasteiger partial charge in [-0.1, -0.05) is 12.8 Å². The van der Waals surface area contributed by atoms with Gasteiger partial charge < -0.3 is 9.84 Å². The van der Waals surface area contributed by atoms with Crippen LogP contribution in [-0.4, -0.2) is 34.8 Å². The summed E-state index contributed by atoms with van der Waals surface area (Å²) in [6, 6.07) is 0. The van der Waals surface area contributed by atoms with Crippen LogP contribution in [0, 0.1) is 0 Å². The number of rotatable bonds is 1. The van der Waals surface area contributed by atoms with Crippen LogP contribution in [0.1, 0.15) is 0 Å². The van der Waals surface area contributed by atoms with E-state index < -0.39 is 12.2 Å². The van der Waals surface area contributed by atoms with Gasteiger partial charge in [-0.25, -0.2) is 4.79 Å². The maximum atomic E-state index is 10.5. The van der Waals surface area contributed by atoms with Gasteiger partial charge in [0.25, 0.3) is 0 Å². The van der Waals surface area contributed by atoms with E-state index in [0.29, 0.717) is 6.54 Å². The largest absolute Gasteiger partial charge is 0.441 e. The molecule has 0 aromatic carbocycles. The third-order valence-corrected chi connectivity index (χ3v) is 1.39. The van der Waals surface area contributed by atoms with E-state index in [1.165, 1.54) is 0 Å². The van der Waals surface area contributed by atoms with Gasteiger partial charge in [-0.3, -0.25) is 4.31 Å². The third-order valence-electron chi connectivity index (χ3n) is 1.06. The Labute approximate surface area is 57.9 Å². The highest BCUT2D eigenvalue weighted by atomic mass is 32.1. The van der Waals surface area contributed by atoms with Crippen LogP contribution >= 0.6 is 12.8 Å². The lowest BCUT2D eigenvalue weighted by Gasteiger charge is -1.99. The first-order valence-corrected chi connectivity index (χ1v) is 2.92. The van der Waals surface area contributed by atoms with Crippen LogP contribution in [0.5, 0.6) is 0 Å². The number of ether oxygens (including phenoxy) is 1. The van der Waals surface area contributed by atoms with Crippen molar-refractivity contribution in [1.82, 2.24) is 4.31 Å². The van der Waals surface area contributed by atoms with Crippen LogP contribution in [0.25, 0.3) is 0 Å². The van der Waals surface area contributed by atoms with E-state index in [-0.39, 0.29) is 6.61 Å². The highest BCUT2D eigenvalue weighted by Crippen LogP contribution is 2.11. The second-order valence-corrected chi connectivity index (χ2v) is 2.25. The SMILES string of the molecule is O=C1OC(CO)CN1S. The Morgan fingerprint density at radius 3 is 2.89 bits per heavy atom. The molecule has 0 radical (unpaired) electrons. The minimum atomic E-state index is -0.489. The van der Waals surface area contributed by atoms with Crippen molar-refractivity contribution in [3.8, 4) is 0 Å². The van der Waals surface area contributed by atoms with Crippen LogP contribution in [0.4, 0.5) is 4.79 Å². The molecule has 52 valence electrons. The summed E-state index contributed by atoms with van der Waals surface area (Å²) in [5.74, 6) is 0. The number of carbonyl (C=O) groups is 1. The molecular weight excluding hydrogens is 142 g/mol. The lowest BCUT2D eigenvalue weighted by Crippen LogP contribution is -2.16. The van der Waals surface area contributed by atoms with Crippen molar-refractivity contribution in [2.45, 2.75) is 6.10 Å². The first-order valence-electron chi connectivity index (χ1n) is 2.52. The van der Waals surface area contributed by atoms with E-state index in [4.69, 9.17) is 5.11 Å². The Balaban J connectivity index is 2.44. The molecule has 1 aliphatic heterocycles. The number of aliphatic hydroxyl groups excluding tert-OH is 1. The second-order valence-electron chi connectivity index (χ2n) is 1.77. The van der Waals surface area contributed by atoms with Gasteiger partial charge in [-0.15, -0.1) is 0 Å². The monoisotopic (exact) mass is 149 g/mol. The molecule has 1 amide bonds. The summed E-state index contributed by atoms with van der Waals surface area (Å²) in [6.45, 7) is 0.223. The lowest BCUT2D eigenvalue weighted by molar-refractivity contribution is 0.0956. The van der Waals surface area contributed by atoms with Crippen molar-refractivity contribution >= 4 is 18.9 Å². The Morgan fingerprint density at radius 1 is 2.00 bits per heavy atom. The molecule has 1 fully saturated rings. The average molecular weight is 149 g/mol. The zero-order valence-electron chi connectivity index (χ0n) is 4.65. The van der Waals surface area contributed by atoms with E-state index in [9.17, 15) is 4.79 Å². The van der Waals surface area contributed by atoms with Gasteiger partial charge in [0, 0.05) is 0 Å². The van der Waals surface area contributed by atoms with Crippen molar-refractivity contribution in [3.05, 3.63) is 0 Å². The molecule has 1 heterocycles. The van der Waals surface area contributed by atoms with Crippen LogP contribution in [0.3, 0.4) is 0 Å². The second kappa shape index (κ2) is 2.45. The van der Waals surface area contributed by atoms with Gasteiger partial charge in [-0.05, 0) is 0 Å². The summed E-state index contributed by atoms with van der Waals surface area (Å²) >= 11 is 3.75. The van der Waals surface area contributed by atoms with Gasteiger partial charge in [0.2, 0.25) is 0 Å². The van der Waals surface area contributed by atoms with Crippen molar-refractivity contribution in [2.75, 3.05) is 13.2 Å². The fourth-order valence-electron chi connectivity index (χ4n) is 0.603. The minimum Gasteiger partial charge on any atom is -0.441 e. The Kier molecular flexibility index (Phi) is 1.82. The molecule has 4 nitrogen and oxygen atoms in total. The fraction of sp³-hybridized carbons (Fsp3) is 0.750. The number of carbonyl (C=O) groups excluding carboxylic acids is 1. The summed E-state index contributed by atoms with van der Waals surface area (Å²) in [6.07, 6.45) is -0.882. The Morgan fingerprint density at radius 2 is 2.67 bits per heavy atom. The average Bonchev–Trinajstić information content (AvgIpc) is 2.13. The van der Waals surface area contributed by atoms with Crippen LogP contribution in [0.15, 0.2) is 0 Å². The molecule has 0 saturated carbocycles. The highest BCUT2D eigenvalue weighted by molar-refractivity contribution is 7.78. The summed E-state index contributed by atoms with van der Waals surface area (Å²) in [4.78, 5) is 10.5. The van der Waals surface area contributed by atoms with Crippen molar-refractivity contribution in [1.29, 1.82) is 0 Å². The van der Waals surface area contributed by atoms with Gasteiger partial charge in [0.15, 0.2) is 0 Å². The molecule has 1 saturated heterocycles. The molecule has 0 aliphatic carbocycles.